The molecule has 1 heterocycles. The van der Waals surface area contributed by atoms with E-state index in [9.17, 15) is 5.11 Å². The van der Waals surface area contributed by atoms with E-state index in [1.165, 1.54) is 11.8 Å². The number of para-hydroxylation sites is 2. The summed E-state index contributed by atoms with van der Waals surface area (Å²) in [6, 6.07) is 15.1. The number of aromatic nitrogens is 2. The zero-order valence-corrected chi connectivity index (χ0v) is 12.2. The third-order valence-electron chi connectivity index (χ3n) is 3.00. The van der Waals surface area contributed by atoms with E-state index in [1.54, 1.807) is 12.1 Å². The van der Waals surface area contributed by atoms with Crippen LogP contribution in [0.1, 0.15) is 11.7 Å². The van der Waals surface area contributed by atoms with Crippen LogP contribution in [0, 0.1) is 0 Å². The monoisotopic (exact) mass is 304 g/mol. The van der Waals surface area contributed by atoms with Crippen LogP contribution in [0.4, 0.5) is 0 Å². The second-order valence-corrected chi connectivity index (χ2v) is 5.88. The molecule has 0 fully saturated rings. The lowest BCUT2D eigenvalue weighted by atomic mass is 10.1. The number of halogens is 1. The quantitative estimate of drug-likeness (QED) is 0.715. The second kappa shape index (κ2) is 5.87. The Hall–Kier alpha value is -1.49. The molecule has 0 amide bonds. The molecule has 3 rings (SSSR count). The number of rotatable bonds is 4. The van der Waals surface area contributed by atoms with Gasteiger partial charge in [0.05, 0.1) is 17.1 Å². The minimum absolute atomic E-state index is 0.537. The van der Waals surface area contributed by atoms with Gasteiger partial charge in [-0.1, -0.05) is 47.6 Å². The minimum Gasteiger partial charge on any atom is -0.388 e. The molecule has 1 unspecified atom stereocenters. The maximum absolute atomic E-state index is 10.1. The van der Waals surface area contributed by atoms with Crippen LogP contribution in [0.5, 0.6) is 0 Å². The van der Waals surface area contributed by atoms with Crippen molar-refractivity contribution < 1.29 is 5.11 Å². The zero-order chi connectivity index (χ0) is 13.9. The zero-order valence-electron chi connectivity index (χ0n) is 10.6. The highest BCUT2D eigenvalue weighted by molar-refractivity contribution is 7.99. The predicted molar refractivity (Wildman–Crippen MR) is 83.2 cm³/mol. The lowest BCUT2D eigenvalue weighted by molar-refractivity contribution is 0.204. The van der Waals surface area contributed by atoms with Crippen molar-refractivity contribution in [3.63, 3.8) is 0 Å². The van der Waals surface area contributed by atoms with E-state index >= 15 is 0 Å². The smallest absolute Gasteiger partial charge is 0.166 e. The summed E-state index contributed by atoms with van der Waals surface area (Å²) in [6.07, 6.45) is -0.537. The Morgan fingerprint density at radius 3 is 2.65 bits per heavy atom. The van der Waals surface area contributed by atoms with E-state index in [-0.39, 0.29) is 0 Å². The van der Waals surface area contributed by atoms with Crippen LogP contribution in [-0.4, -0.2) is 20.8 Å². The molecule has 0 saturated heterocycles. The molecule has 0 aliphatic carbocycles. The fourth-order valence-electron chi connectivity index (χ4n) is 1.94. The number of nitrogens with zero attached hydrogens (tertiary/aromatic N) is 1. The Kier molecular flexibility index (Phi) is 3.96. The summed E-state index contributed by atoms with van der Waals surface area (Å²) in [7, 11) is 0. The van der Waals surface area contributed by atoms with Crippen molar-refractivity contribution in [1.29, 1.82) is 0 Å². The molecular formula is C15H13ClN2OS. The molecule has 20 heavy (non-hydrogen) atoms. The number of aliphatic hydroxyl groups excluding tert-OH is 1. The molecular weight excluding hydrogens is 292 g/mol. The van der Waals surface area contributed by atoms with Crippen molar-refractivity contribution in [2.45, 2.75) is 11.3 Å². The SMILES string of the molecule is OC(CSc1nc2ccccc2[nH]1)c1ccc(Cl)cc1. The molecule has 3 nitrogen and oxygen atoms in total. The maximum Gasteiger partial charge on any atom is 0.166 e. The van der Waals surface area contributed by atoms with E-state index in [2.05, 4.69) is 9.97 Å². The first-order valence-electron chi connectivity index (χ1n) is 6.23. The van der Waals surface area contributed by atoms with Gasteiger partial charge in [0, 0.05) is 10.8 Å². The predicted octanol–water partition coefficient (Wildman–Crippen LogP) is 4.04. The third kappa shape index (κ3) is 2.98. The Morgan fingerprint density at radius 2 is 1.90 bits per heavy atom. The van der Waals surface area contributed by atoms with Gasteiger partial charge < -0.3 is 10.1 Å². The van der Waals surface area contributed by atoms with Gasteiger partial charge in [-0.2, -0.15) is 0 Å². The lowest BCUT2D eigenvalue weighted by Gasteiger charge is -2.09. The number of thioether (sulfide) groups is 1. The summed E-state index contributed by atoms with van der Waals surface area (Å²) in [6.45, 7) is 0. The summed E-state index contributed by atoms with van der Waals surface area (Å²) in [5.41, 5.74) is 2.81. The van der Waals surface area contributed by atoms with Crippen LogP contribution in [0.3, 0.4) is 0 Å². The molecule has 0 bridgehead atoms. The number of aliphatic hydroxyl groups is 1. The van der Waals surface area contributed by atoms with Crippen LogP contribution in [0.2, 0.25) is 5.02 Å². The van der Waals surface area contributed by atoms with E-state index in [0.717, 1.165) is 21.8 Å². The molecule has 0 aliphatic rings. The highest BCUT2D eigenvalue weighted by atomic mass is 35.5. The Labute approximate surface area is 126 Å². The van der Waals surface area contributed by atoms with Crippen LogP contribution in [0.25, 0.3) is 11.0 Å². The molecule has 5 heteroatoms. The van der Waals surface area contributed by atoms with Crippen LogP contribution < -0.4 is 0 Å². The van der Waals surface area contributed by atoms with Gasteiger partial charge >= 0.3 is 0 Å². The Morgan fingerprint density at radius 1 is 1.15 bits per heavy atom. The second-order valence-electron chi connectivity index (χ2n) is 4.44. The van der Waals surface area contributed by atoms with Crippen molar-refractivity contribution in [3.05, 3.63) is 59.1 Å². The van der Waals surface area contributed by atoms with E-state index in [0.29, 0.717) is 10.8 Å². The normalized spacial score (nSPS) is 12.7. The van der Waals surface area contributed by atoms with Crippen molar-refractivity contribution in [3.8, 4) is 0 Å². The molecule has 1 atom stereocenters. The standard InChI is InChI=1S/C15H13ClN2OS/c16-11-7-5-10(6-8-11)14(19)9-20-15-17-12-3-1-2-4-13(12)18-15/h1-8,14,19H,9H2,(H,17,18). The Balaban J connectivity index is 1.68. The average molecular weight is 305 g/mol. The van der Waals surface area contributed by atoms with Crippen molar-refractivity contribution >= 4 is 34.4 Å². The average Bonchev–Trinajstić information content (AvgIpc) is 2.88. The van der Waals surface area contributed by atoms with Crippen molar-refractivity contribution in [2.75, 3.05) is 5.75 Å². The molecule has 0 aliphatic heterocycles. The van der Waals surface area contributed by atoms with E-state index < -0.39 is 6.10 Å². The molecule has 0 saturated carbocycles. The number of H-pyrrole nitrogens is 1. The van der Waals surface area contributed by atoms with Gasteiger partial charge in [-0.25, -0.2) is 4.98 Å². The van der Waals surface area contributed by atoms with Crippen LogP contribution >= 0.6 is 23.4 Å². The maximum atomic E-state index is 10.1. The fourth-order valence-corrected chi connectivity index (χ4v) is 2.92. The number of hydrogen-bond donors (Lipinski definition) is 2. The van der Waals surface area contributed by atoms with Gasteiger partial charge in [-0.15, -0.1) is 0 Å². The summed E-state index contributed by atoms with van der Waals surface area (Å²) >= 11 is 7.34. The molecule has 1 aromatic heterocycles. The molecule has 102 valence electrons. The first-order chi connectivity index (χ1) is 9.72. The molecule has 2 aromatic carbocycles. The van der Waals surface area contributed by atoms with Crippen LogP contribution in [-0.2, 0) is 0 Å². The molecule has 2 N–H and O–H groups in total. The largest absolute Gasteiger partial charge is 0.388 e. The van der Waals surface area contributed by atoms with Crippen molar-refractivity contribution in [1.82, 2.24) is 9.97 Å². The number of aromatic amines is 1. The number of hydrogen-bond acceptors (Lipinski definition) is 3. The van der Waals surface area contributed by atoms with Gasteiger partial charge in [0.2, 0.25) is 0 Å². The van der Waals surface area contributed by atoms with Gasteiger partial charge in [-0.3, -0.25) is 0 Å². The van der Waals surface area contributed by atoms with Crippen LogP contribution in [0.15, 0.2) is 53.7 Å². The van der Waals surface area contributed by atoms with Gasteiger partial charge in [0.15, 0.2) is 5.16 Å². The van der Waals surface area contributed by atoms with Gasteiger partial charge in [-0.05, 0) is 29.8 Å². The topological polar surface area (TPSA) is 48.9 Å². The van der Waals surface area contributed by atoms with Gasteiger partial charge in [0.25, 0.3) is 0 Å². The minimum atomic E-state index is -0.537. The molecule has 0 radical (unpaired) electrons. The number of nitrogens with one attached hydrogen (secondary N) is 1. The summed E-state index contributed by atoms with van der Waals surface area (Å²) in [5, 5.41) is 11.6. The summed E-state index contributed by atoms with van der Waals surface area (Å²) < 4.78 is 0. The first-order valence-corrected chi connectivity index (χ1v) is 7.60. The highest BCUT2D eigenvalue weighted by Gasteiger charge is 2.10. The molecule has 0 spiro atoms. The van der Waals surface area contributed by atoms with E-state index in [1.807, 2.05) is 36.4 Å². The summed E-state index contributed by atoms with van der Waals surface area (Å²) in [5.74, 6) is 0.543. The first kappa shape index (κ1) is 13.5. The lowest BCUT2D eigenvalue weighted by Crippen LogP contribution is -2.00. The number of fused-ring (bicyclic) bond motifs is 1. The Bertz CT molecular complexity index is 678. The summed E-state index contributed by atoms with van der Waals surface area (Å²) in [4.78, 5) is 7.70. The van der Waals surface area contributed by atoms with Gasteiger partial charge in [0.1, 0.15) is 0 Å². The fraction of sp³-hybridized carbons (Fsp3) is 0.133. The number of imidazole rings is 1. The van der Waals surface area contributed by atoms with E-state index in [4.69, 9.17) is 11.6 Å². The third-order valence-corrected chi connectivity index (χ3v) is 4.20. The molecule has 3 aromatic rings. The van der Waals surface area contributed by atoms with Crippen molar-refractivity contribution in [2.24, 2.45) is 0 Å². The number of benzene rings is 2. The highest BCUT2D eigenvalue weighted by Crippen LogP contribution is 2.25.